The Labute approximate surface area is 148 Å². The molecule has 6 nitrogen and oxygen atoms in total. The van der Waals surface area contributed by atoms with Gasteiger partial charge in [0.25, 0.3) is 5.91 Å². The molecule has 0 aliphatic heterocycles. The molecule has 0 saturated carbocycles. The average Bonchev–Trinajstić information content (AvgIpc) is 3.15. The van der Waals surface area contributed by atoms with Crippen molar-refractivity contribution in [1.82, 2.24) is 15.5 Å². The zero-order chi connectivity index (χ0) is 17.5. The van der Waals surface area contributed by atoms with Gasteiger partial charge in [0.15, 0.2) is 0 Å². The molecule has 1 aromatic heterocycles. The van der Waals surface area contributed by atoms with Gasteiger partial charge < -0.3 is 10.6 Å². The number of anilines is 1. The topological polar surface area (TPSA) is 84.0 Å². The van der Waals surface area contributed by atoms with Crippen molar-refractivity contribution in [3.8, 4) is 0 Å². The molecule has 0 aliphatic rings. The lowest BCUT2D eigenvalue weighted by Crippen LogP contribution is -2.31. The van der Waals surface area contributed by atoms with Gasteiger partial charge in [0, 0.05) is 5.56 Å². The van der Waals surface area contributed by atoms with E-state index in [0.717, 1.165) is 5.56 Å². The summed E-state index contributed by atoms with van der Waals surface area (Å²) in [6.07, 6.45) is 0.0994. The standard InChI is InChI=1S/C18H16N4O2S/c23-16(21-18-22-19-12-25-18)11-15(13-7-3-1-4-8-13)20-17(24)14-9-5-2-6-10-14/h1-10,12,15H,11H2,(H,20,24)(H,21,22,23). The molecule has 2 aromatic carbocycles. The SMILES string of the molecule is O=C(CC(NC(=O)c1ccccc1)c1ccccc1)Nc1nncs1. The second-order valence-corrected chi connectivity index (χ2v) is 6.13. The highest BCUT2D eigenvalue weighted by Gasteiger charge is 2.19. The van der Waals surface area contributed by atoms with Crippen molar-refractivity contribution in [3.05, 3.63) is 77.3 Å². The molecule has 0 saturated heterocycles. The van der Waals surface area contributed by atoms with Crippen LogP contribution in [0.3, 0.4) is 0 Å². The second kappa shape index (κ2) is 8.16. The molecule has 0 spiro atoms. The van der Waals surface area contributed by atoms with Gasteiger partial charge in [0.2, 0.25) is 11.0 Å². The molecule has 7 heteroatoms. The predicted molar refractivity (Wildman–Crippen MR) is 96.2 cm³/mol. The number of amides is 2. The number of nitrogens with zero attached hydrogens (tertiary/aromatic N) is 2. The number of carbonyl (C=O) groups excluding carboxylic acids is 2. The second-order valence-electron chi connectivity index (χ2n) is 5.30. The number of aromatic nitrogens is 2. The summed E-state index contributed by atoms with van der Waals surface area (Å²) < 4.78 is 0. The third-order valence-electron chi connectivity index (χ3n) is 3.54. The molecule has 1 unspecified atom stereocenters. The van der Waals surface area contributed by atoms with Gasteiger partial charge in [-0.3, -0.25) is 9.59 Å². The van der Waals surface area contributed by atoms with E-state index in [2.05, 4.69) is 20.8 Å². The molecular weight excluding hydrogens is 336 g/mol. The highest BCUT2D eigenvalue weighted by Crippen LogP contribution is 2.19. The minimum atomic E-state index is -0.443. The number of carbonyl (C=O) groups is 2. The molecule has 0 aliphatic carbocycles. The van der Waals surface area contributed by atoms with Crippen molar-refractivity contribution < 1.29 is 9.59 Å². The number of hydrogen-bond donors (Lipinski definition) is 2. The molecule has 2 N–H and O–H groups in total. The van der Waals surface area contributed by atoms with Crippen molar-refractivity contribution in [2.24, 2.45) is 0 Å². The Kier molecular flexibility index (Phi) is 5.48. The van der Waals surface area contributed by atoms with Crippen molar-refractivity contribution in [2.45, 2.75) is 12.5 Å². The number of hydrogen-bond acceptors (Lipinski definition) is 5. The lowest BCUT2D eigenvalue weighted by atomic mass is 10.0. The monoisotopic (exact) mass is 352 g/mol. The number of benzene rings is 2. The molecule has 1 atom stereocenters. The van der Waals surface area contributed by atoms with Crippen LogP contribution in [-0.4, -0.2) is 22.0 Å². The van der Waals surface area contributed by atoms with Crippen LogP contribution >= 0.6 is 11.3 Å². The van der Waals surface area contributed by atoms with Gasteiger partial charge in [-0.25, -0.2) is 0 Å². The average molecular weight is 352 g/mol. The largest absolute Gasteiger partial charge is 0.345 e. The zero-order valence-corrected chi connectivity index (χ0v) is 14.1. The molecular formula is C18H16N4O2S. The fourth-order valence-electron chi connectivity index (χ4n) is 2.35. The fraction of sp³-hybridized carbons (Fsp3) is 0.111. The van der Waals surface area contributed by atoms with E-state index in [1.165, 1.54) is 11.3 Å². The Hall–Kier alpha value is -3.06. The van der Waals surface area contributed by atoms with Crippen molar-refractivity contribution >= 4 is 28.3 Å². The van der Waals surface area contributed by atoms with Gasteiger partial charge in [0.1, 0.15) is 5.51 Å². The molecule has 0 bridgehead atoms. The molecule has 25 heavy (non-hydrogen) atoms. The van der Waals surface area contributed by atoms with Crippen LogP contribution in [0.2, 0.25) is 0 Å². The van der Waals surface area contributed by atoms with E-state index in [9.17, 15) is 9.59 Å². The summed E-state index contributed by atoms with van der Waals surface area (Å²) in [5, 5.41) is 13.5. The first-order chi connectivity index (χ1) is 12.2. The van der Waals surface area contributed by atoms with Gasteiger partial charge in [-0.1, -0.05) is 59.9 Å². The minimum Gasteiger partial charge on any atom is -0.345 e. The Bertz CT molecular complexity index is 823. The van der Waals surface area contributed by atoms with Crippen LogP contribution in [0.4, 0.5) is 5.13 Å². The highest BCUT2D eigenvalue weighted by molar-refractivity contribution is 7.13. The number of rotatable bonds is 6. The van der Waals surface area contributed by atoms with E-state index >= 15 is 0 Å². The first kappa shape index (κ1) is 16.8. The number of nitrogens with one attached hydrogen (secondary N) is 2. The maximum Gasteiger partial charge on any atom is 0.251 e. The molecule has 2 amide bonds. The summed E-state index contributed by atoms with van der Waals surface area (Å²) in [5.74, 6) is -0.461. The summed E-state index contributed by atoms with van der Waals surface area (Å²) in [6, 6.07) is 17.9. The fourth-order valence-corrected chi connectivity index (χ4v) is 2.81. The van der Waals surface area contributed by atoms with E-state index < -0.39 is 6.04 Å². The van der Waals surface area contributed by atoms with Crippen LogP contribution in [0.25, 0.3) is 0 Å². The van der Waals surface area contributed by atoms with Crippen LogP contribution in [0.5, 0.6) is 0 Å². The first-order valence-corrected chi connectivity index (χ1v) is 8.57. The van der Waals surface area contributed by atoms with Crippen LogP contribution in [0.15, 0.2) is 66.2 Å². The molecule has 126 valence electrons. The van der Waals surface area contributed by atoms with Crippen LogP contribution in [0.1, 0.15) is 28.4 Å². The smallest absolute Gasteiger partial charge is 0.251 e. The summed E-state index contributed by atoms with van der Waals surface area (Å²) in [4.78, 5) is 24.8. The lowest BCUT2D eigenvalue weighted by molar-refractivity contribution is -0.116. The summed E-state index contributed by atoms with van der Waals surface area (Å²) in [7, 11) is 0. The van der Waals surface area contributed by atoms with Crippen molar-refractivity contribution in [2.75, 3.05) is 5.32 Å². The lowest BCUT2D eigenvalue weighted by Gasteiger charge is -2.18. The van der Waals surface area contributed by atoms with Crippen LogP contribution < -0.4 is 10.6 Å². The molecule has 3 aromatic rings. The Morgan fingerprint density at radius 3 is 2.32 bits per heavy atom. The maximum atomic E-state index is 12.5. The van der Waals surface area contributed by atoms with Gasteiger partial charge >= 0.3 is 0 Å². The van der Waals surface area contributed by atoms with E-state index in [1.807, 2.05) is 36.4 Å². The third-order valence-corrected chi connectivity index (χ3v) is 4.15. The summed E-state index contributed by atoms with van der Waals surface area (Å²) in [5.41, 5.74) is 2.95. The normalized spacial score (nSPS) is 11.5. The van der Waals surface area contributed by atoms with Crippen molar-refractivity contribution in [3.63, 3.8) is 0 Å². The third kappa shape index (κ3) is 4.71. The van der Waals surface area contributed by atoms with E-state index in [-0.39, 0.29) is 18.2 Å². The van der Waals surface area contributed by atoms with E-state index in [0.29, 0.717) is 10.7 Å². The van der Waals surface area contributed by atoms with Crippen molar-refractivity contribution in [1.29, 1.82) is 0 Å². The Balaban J connectivity index is 1.73. The maximum absolute atomic E-state index is 12.5. The quantitative estimate of drug-likeness (QED) is 0.714. The highest BCUT2D eigenvalue weighted by atomic mass is 32.1. The Morgan fingerprint density at radius 2 is 1.68 bits per heavy atom. The van der Waals surface area contributed by atoms with Gasteiger partial charge in [-0.15, -0.1) is 10.2 Å². The minimum absolute atomic E-state index is 0.0994. The molecule has 3 rings (SSSR count). The van der Waals surface area contributed by atoms with Gasteiger partial charge in [0.05, 0.1) is 12.5 Å². The van der Waals surface area contributed by atoms with E-state index in [4.69, 9.17) is 0 Å². The first-order valence-electron chi connectivity index (χ1n) is 7.69. The molecule has 0 fully saturated rings. The summed E-state index contributed by atoms with van der Waals surface area (Å²) >= 11 is 1.24. The molecule has 0 radical (unpaired) electrons. The Morgan fingerprint density at radius 1 is 1.00 bits per heavy atom. The van der Waals surface area contributed by atoms with E-state index in [1.54, 1.807) is 29.8 Å². The van der Waals surface area contributed by atoms with Gasteiger partial charge in [-0.2, -0.15) is 0 Å². The van der Waals surface area contributed by atoms with Crippen LogP contribution in [0, 0.1) is 0 Å². The summed E-state index contributed by atoms with van der Waals surface area (Å²) in [6.45, 7) is 0. The molecule has 1 heterocycles. The zero-order valence-electron chi connectivity index (χ0n) is 13.3. The predicted octanol–water partition coefficient (Wildman–Crippen LogP) is 3.04. The van der Waals surface area contributed by atoms with Crippen LogP contribution in [-0.2, 0) is 4.79 Å². The van der Waals surface area contributed by atoms with Gasteiger partial charge in [-0.05, 0) is 17.7 Å².